The quantitative estimate of drug-likeness (QED) is 0.811. The van der Waals surface area contributed by atoms with E-state index in [1.165, 1.54) is 16.7 Å². The molecule has 0 aromatic heterocycles. The summed E-state index contributed by atoms with van der Waals surface area (Å²) in [5.41, 5.74) is 9.19. The lowest BCUT2D eigenvalue weighted by molar-refractivity contribution is 1.07. The Hall–Kier alpha value is -1.51. The minimum Gasteiger partial charge on any atom is -0.326 e. The zero-order valence-corrected chi connectivity index (χ0v) is 10.8. The number of thiocarbonyl (C=S) groups is 1. The lowest BCUT2D eigenvalue weighted by Gasteiger charge is -2.02. The maximum absolute atomic E-state index is 5.54. The van der Waals surface area contributed by atoms with Crippen LogP contribution in [0.2, 0.25) is 0 Å². The normalized spacial score (nSPS) is 9.06. The van der Waals surface area contributed by atoms with E-state index in [0.29, 0.717) is 6.54 Å². The number of hydrogen-bond acceptors (Lipinski definition) is 2. The minimum atomic E-state index is 0.606. The van der Waals surface area contributed by atoms with Crippen LogP contribution >= 0.6 is 12.2 Å². The highest BCUT2D eigenvalue weighted by molar-refractivity contribution is 7.78. The average Bonchev–Trinajstić information content (AvgIpc) is 2.41. The summed E-state index contributed by atoms with van der Waals surface area (Å²) in [6, 6.07) is 18.7. The van der Waals surface area contributed by atoms with E-state index >= 15 is 0 Å². The summed E-state index contributed by atoms with van der Waals surface area (Å²) in [6.45, 7) is 2.42. The molecule has 1 nitrogen and oxygen atoms in total. The number of hydrogen-bond donors (Lipinski definition) is 1. The van der Waals surface area contributed by atoms with Crippen molar-refractivity contribution < 1.29 is 0 Å². The molecule has 0 aliphatic heterocycles. The monoisotopic (exact) mass is 243 g/mol. The largest absolute Gasteiger partial charge is 0.326 e. The number of benzene rings is 2. The Kier molecular flexibility index (Phi) is 6.15. The van der Waals surface area contributed by atoms with Gasteiger partial charge in [-0.15, -0.1) is 0 Å². The van der Waals surface area contributed by atoms with Crippen molar-refractivity contribution in [3.8, 4) is 11.1 Å². The van der Waals surface area contributed by atoms with Gasteiger partial charge in [-0.25, -0.2) is 0 Å². The smallest absolute Gasteiger partial charge is 0.0178 e. The van der Waals surface area contributed by atoms with Crippen LogP contribution in [0.25, 0.3) is 11.1 Å². The molecule has 0 radical (unpaired) electrons. The fourth-order valence-electron chi connectivity index (χ4n) is 1.46. The summed E-state index contributed by atoms with van der Waals surface area (Å²) >= 11 is 4.27. The fourth-order valence-corrected chi connectivity index (χ4v) is 1.46. The van der Waals surface area contributed by atoms with Crippen molar-refractivity contribution in [1.82, 2.24) is 0 Å². The van der Waals surface area contributed by atoms with Gasteiger partial charge in [0, 0.05) is 6.54 Å². The molecule has 17 heavy (non-hydrogen) atoms. The molecule has 2 heteroatoms. The van der Waals surface area contributed by atoms with Gasteiger partial charge < -0.3 is 5.73 Å². The standard InChI is InChI=1S/C13H13N.C2H4S/c14-10-11-6-8-13(9-7-11)12-4-2-1-3-5-12;1-2-3/h1-9H,10,14H2;2H,1H3. The van der Waals surface area contributed by atoms with Crippen molar-refractivity contribution in [2.45, 2.75) is 13.5 Å². The molecule has 0 unspecified atom stereocenters. The topological polar surface area (TPSA) is 26.0 Å². The lowest BCUT2D eigenvalue weighted by Crippen LogP contribution is -1.95. The van der Waals surface area contributed by atoms with Crippen LogP contribution in [0, 0.1) is 0 Å². The second-order valence-electron chi connectivity index (χ2n) is 3.50. The SMILES string of the molecule is CC=S.NCc1ccc(-c2ccccc2)cc1. The van der Waals surface area contributed by atoms with Crippen LogP contribution in [0.1, 0.15) is 12.5 Å². The molecule has 88 valence electrons. The Morgan fingerprint density at radius 3 is 1.88 bits per heavy atom. The summed E-state index contributed by atoms with van der Waals surface area (Å²) in [6.07, 6.45) is 0. The molecular formula is C15H17NS. The number of nitrogens with two attached hydrogens (primary N) is 1. The summed E-state index contributed by atoms with van der Waals surface area (Å²) in [7, 11) is 0. The van der Waals surface area contributed by atoms with E-state index in [1.807, 2.05) is 25.1 Å². The molecule has 0 aliphatic rings. The average molecular weight is 243 g/mol. The van der Waals surface area contributed by atoms with E-state index < -0.39 is 0 Å². The molecule has 0 heterocycles. The van der Waals surface area contributed by atoms with Crippen LogP contribution in [0.3, 0.4) is 0 Å². The Morgan fingerprint density at radius 1 is 0.941 bits per heavy atom. The first-order valence-electron chi connectivity index (χ1n) is 5.56. The Morgan fingerprint density at radius 2 is 1.41 bits per heavy atom. The van der Waals surface area contributed by atoms with Gasteiger partial charge in [-0.05, 0) is 29.0 Å². The van der Waals surface area contributed by atoms with Gasteiger partial charge >= 0.3 is 0 Å². The van der Waals surface area contributed by atoms with Gasteiger partial charge in [0.1, 0.15) is 0 Å². The highest BCUT2D eigenvalue weighted by Gasteiger charge is 1.95. The first-order valence-corrected chi connectivity index (χ1v) is 6.03. The molecule has 2 aromatic carbocycles. The summed E-state index contributed by atoms with van der Waals surface area (Å²) in [5, 5.41) is 1.58. The highest BCUT2D eigenvalue weighted by atomic mass is 32.1. The molecule has 2 N–H and O–H groups in total. The van der Waals surface area contributed by atoms with Crippen molar-refractivity contribution in [3.05, 3.63) is 60.2 Å². The van der Waals surface area contributed by atoms with Crippen LogP contribution in [0.4, 0.5) is 0 Å². The van der Waals surface area contributed by atoms with Gasteiger partial charge in [-0.2, -0.15) is 0 Å². The predicted molar refractivity (Wildman–Crippen MR) is 79.1 cm³/mol. The summed E-state index contributed by atoms with van der Waals surface area (Å²) in [5.74, 6) is 0. The van der Waals surface area contributed by atoms with Gasteiger partial charge in [-0.3, -0.25) is 0 Å². The molecule has 0 bridgehead atoms. The predicted octanol–water partition coefficient (Wildman–Crippen LogP) is 3.82. The van der Waals surface area contributed by atoms with Gasteiger partial charge in [-0.1, -0.05) is 66.8 Å². The third-order valence-corrected chi connectivity index (χ3v) is 2.30. The zero-order chi connectivity index (χ0) is 12.5. The van der Waals surface area contributed by atoms with E-state index in [-0.39, 0.29) is 0 Å². The van der Waals surface area contributed by atoms with Crippen molar-refractivity contribution in [2.75, 3.05) is 0 Å². The molecule has 0 spiro atoms. The Balaban J connectivity index is 0.000000437. The van der Waals surface area contributed by atoms with Crippen molar-refractivity contribution in [1.29, 1.82) is 0 Å². The maximum atomic E-state index is 5.54. The fraction of sp³-hybridized carbons (Fsp3) is 0.133. The molecule has 0 atom stereocenters. The van der Waals surface area contributed by atoms with Crippen molar-refractivity contribution in [2.24, 2.45) is 5.73 Å². The minimum absolute atomic E-state index is 0.606. The van der Waals surface area contributed by atoms with E-state index in [2.05, 4.69) is 48.6 Å². The first-order chi connectivity index (χ1) is 8.31. The maximum Gasteiger partial charge on any atom is 0.0178 e. The lowest BCUT2D eigenvalue weighted by atomic mass is 10.0. The third-order valence-electron chi connectivity index (χ3n) is 2.30. The molecule has 2 rings (SSSR count). The highest BCUT2D eigenvalue weighted by Crippen LogP contribution is 2.18. The Bertz CT molecular complexity index is 434. The third kappa shape index (κ3) is 4.47. The molecule has 0 fully saturated rings. The first kappa shape index (κ1) is 13.6. The van der Waals surface area contributed by atoms with E-state index in [9.17, 15) is 0 Å². The van der Waals surface area contributed by atoms with Crippen LogP contribution in [-0.4, -0.2) is 5.37 Å². The van der Waals surface area contributed by atoms with Crippen molar-refractivity contribution in [3.63, 3.8) is 0 Å². The van der Waals surface area contributed by atoms with E-state index in [1.54, 1.807) is 5.37 Å². The molecule has 2 aromatic rings. The molecule has 0 saturated carbocycles. The Labute approximate surface area is 108 Å². The summed E-state index contributed by atoms with van der Waals surface area (Å²) in [4.78, 5) is 0. The van der Waals surface area contributed by atoms with Crippen LogP contribution in [0.15, 0.2) is 54.6 Å². The second kappa shape index (κ2) is 7.71. The molecule has 0 amide bonds. The van der Waals surface area contributed by atoms with Crippen LogP contribution in [0.5, 0.6) is 0 Å². The number of rotatable bonds is 2. The molecule has 0 aliphatic carbocycles. The van der Waals surface area contributed by atoms with E-state index in [0.717, 1.165) is 0 Å². The molecule has 0 saturated heterocycles. The summed E-state index contributed by atoms with van der Waals surface area (Å²) < 4.78 is 0. The van der Waals surface area contributed by atoms with Gasteiger partial charge in [0.05, 0.1) is 0 Å². The van der Waals surface area contributed by atoms with Crippen LogP contribution < -0.4 is 5.73 Å². The van der Waals surface area contributed by atoms with Gasteiger partial charge in [0.2, 0.25) is 0 Å². The molecular weight excluding hydrogens is 226 g/mol. The van der Waals surface area contributed by atoms with Gasteiger partial charge in [0.15, 0.2) is 0 Å². The van der Waals surface area contributed by atoms with Crippen molar-refractivity contribution >= 4 is 17.6 Å². The van der Waals surface area contributed by atoms with Gasteiger partial charge in [0.25, 0.3) is 0 Å². The van der Waals surface area contributed by atoms with E-state index in [4.69, 9.17) is 5.73 Å². The zero-order valence-electron chi connectivity index (χ0n) is 9.97. The van der Waals surface area contributed by atoms with Crippen LogP contribution in [-0.2, 0) is 6.54 Å². The second-order valence-corrected chi connectivity index (χ2v) is 3.97.